The van der Waals surface area contributed by atoms with E-state index in [1.54, 1.807) is 32.9 Å². The van der Waals surface area contributed by atoms with Crippen LogP contribution in [0.25, 0.3) is 23.2 Å². The number of nitrogens with one attached hydrogen (secondary N) is 1. The van der Waals surface area contributed by atoms with E-state index in [4.69, 9.17) is 9.15 Å². The molecule has 1 amide bonds. The van der Waals surface area contributed by atoms with E-state index >= 15 is 0 Å². The van der Waals surface area contributed by atoms with Crippen molar-refractivity contribution in [2.75, 3.05) is 6.54 Å². The largest absolute Gasteiger partial charge is 0.465 e. The number of hydrogen-bond donors (Lipinski definition) is 1. The van der Waals surface area contributed by atoms with Crippen LogP contribution in [0.4, 0.5) is 0 Å². The minimum Gasteiger partial charge on any atom is -0.465 e. The average molecular weight is 395 g/mol. The Morgan fingerprint density at radius 2 is 1.93 bits per heavy atom. The minimum atomic E-state index is -0.648. The molecule has 1 N–H and O–H groups in total. The maximum absolute atomic E-state index is 12.9. The normalized spacial score (nSPS) is 11.9. The molecule has 0 bridgehead atoms. The zero-order valence-electron chi connectivity index (χ0n) is 16.3. The van der Waals surface area contributed by atoms with Crippen LogP contribution in [-0.2, 0) is 14.3 Å². The molecular formula is C20H21N5O4. The van der Waals surface area contributed by atoms with Gasteiger partial charge < -0.3 is 14.5 Å². The number of nitrogens with zero attached hydrogens (tertiary/aromatic N) is 4. The number of rotatable bonds is 6. The number of hydrogen-bond acceptors (Lipinski definition) is 7. The smallest absolute Gasteiger partial charge is 0.325 e. The predicted octanol–water partition coefficient (Wildman–Crippen LogP) is 2.39. The van der Waals surface area contributed by atoms with Crippen LogP contribution in [0.3, 0.4) is 0 Å². The lowest BCUT2D eigenvalue weighted by Gasteiger charge is -2.19. The average Bonchev–Trinajstić information content (AvgIpc) is 3.35. The molecular weight excluding hydrogens is 374 g/mol. The van der Waals surface area contributed by atoms with Crippen molar-refractivity contribution in [3.8, 4) is 11.4 Å². The summed E-state index contributed by atoms with van der Waals surface area (Å²) in [6, 6.07) is 12.6. The van der Waals surface area contributed by atoms with Crippen molar-refractivity contribution in [2.45, 2.75) is 26.4 Å². The van der Waals surface area contributed by atoms with Crippen LogP contribution in [0, 0.1) is 0 Å². The summed E-state index contributed by atoms with van der Waals surface area (Å²) in [5, 5.41) is 14.2. The van der Waals surface area contributed by atoms with E-state index in [0.717, 1.165) is 5.56 Å². The van der Waals surface area contributed by atoms with Crippen molar-refractivity contribution in [1.82, 2.24) is 25.5 Å². The lowest BCUT2D eigenvalue weighted by molar-refractivity contribution is -0.154. The Hall–Kier alpha value is -3.75. The van der Waals surface area contributed by atoms with Gasteiger partial charge in [0.1, 0.15) is 23.6 Å². The van der Waals surface area contributed by atoms with Gasteiger partial charge in [-0.15, -0.1) is 5.10 Å². The Bertz CT molecular complexity index is 1000. The lowest BCUT2D eigenvalue weighted by Crippen LogP contribution is -2.36. The first-order valence-corrected chi connectivity index (χ1v) is 8.93. The summed E-state index contributed by atoms with van der Waals surface area (Å²) >= 11 is 0. The fourth-order valence-corrected chi connectivity index (χ4v) is 2.47. The molecule has 150 valence electrons. The second-order valence-electron chi connectivity index (χ2n) is 7.09. The first-order chi connectivity index (χ1) is 13.8. The first kappa shape index (κ1) is 20.0. The van der Waals surface area contributed by atoms with Crippen molar-refractivity contribution in [1.29, 1.82) is 0 Å². The van der Waals surface area contributed by atoms with E-state index in [0.29, 0.717) is 11.6 Å². The molecule has 0 aliphatic heterocycles. The summed E-state index contributed by atoms with van der Waals surface area (Å²) in [4.78, 5) is 24.8. The number of benzene rings is 1. The van der Waals surface area contributed by atoms with Crippen LogP contribution < -0.4 is 5.32 Å². The summed E-state index contributed by atoms with van der Waals surface area (Å²) in [6.07, 6.45) is 2.98. The number of carbonyl (C=O) groups is 2. The Morgan fingerprint density at radius 1 is 1.17 bits per heavy atom. The molecule has 1 aromatic carbocycles. The van der Waals surface area contributed by atoms with Gasteiger partial charge in [-0.1, -0.05) is 30.3 Å². The number of ether oxygens (including phenoxy) is 1. The molecule has 9 heteroatoms. The lowest BCUT2D eigenvalue weighted by atomic mass is 10.2. The molecule has 0 spiro atoms. The molecule has 0 saturated carbocycles. The third-order valence-electron chi connectivity index (χ3n) is 3.60. The van der Waals surface area contributed by atoms with Gasteiger partial charge in [-0.25, -0.2) is 0 Å². The van der Waals surface area contributed by atoms with Crippen molar-refractivity contribution in [3.63, 3.8) is 0 Å². The first-order valence-electron chi connectivity index (χ1n) is 8.93. The summed E-state index contributed by atoms with van der Waals surface area (Å²) < 4.78 is 11.8. The summed E-state index contributed by atoms with van der Waals surface area (Å²) in [6.45, 7) is 4.96. The van der Waals surface area contributed by atoms with Crippen LogP contribution in [-0.4, -0.2) is 44.2 Å². The van der Waals surface area contributed by atoms with Gasteiger partial charge in [-0.2, -0.15) is 4.68 Å². The molecule has 0 fully saturated rings. The molecule has 2 heterocycles. The quantitative estimate of drug-likeness (QED) is 0.504. The van der Waals surface area contributed by atoms with E-state index in [-0.39, 0.29) is 12.2 Å². The van der Waals surface area contributed by atoms with Gasteiger partial charge in [0, 0.05) is 11.6 Å². The number of aromatic nitrogens is 4. The molecule has 0 aliphatic rings. The van der Waals surface area contributed by atoms with Gasteiger partial charge in [0.15, 0.2) is 5.82 Å². The topological polar surface area (TPSA) is 112 Å². The van der Waals surface area contributed by atoms with Crippen molar-refractivity contribution >= 4 is 23.6 Å². The highest BCUT2D eigenvalue weighted by Gasteiger charge is 2.22. The summed E-state index contributed by atoms with van der Waals surface area (Å²) in [5.41, 5.74) is 0.167. The van der Waals surface area contributed by atoms with Crippen LogP contribution in [0.5, 0.6) is 0 Å². The van der Waals surface area contributed by atoms with Gasteiger partial charge in [-0.05, 0) is 43.3 Å². The van der Waals surface area contributed by atoms with Crippen LogP contribution in [0.1, 0.15) is 26.5 Å². The number of carbonyl (C=O) groups excluding carboxylic acids is 2. The molecule has 0 radical (unpaired) electrons. The number of tetrazole rings is 1. The third-order valence-corrected chi connectivity index (χ3v) is 3.60. The van der Waals surface area contributed by atoms with E-state index < -0.39 is 17.5 Å². The molecule has 3 aromatic rings. The molecule has 2 aromatic heterocycles. The van der Waals surface area contributed by atoms with E-state index in [1.807, 2.05) is 30.3 Å². The van der Waals surface area contributed by atoms with E-state index in [1.165, 1.54) is 17.0 Å². The Labute approximate surface area is 167 Å². The maximum atomic E-state index is 12.9. The predicted molar refractivity (Wildman–Crippen MR) is 105 cm³/mol. The molecule has 9 nitrogen and oxygen atoms in total. The second kappa shape index (κ2) is 8.51. The summed E-state index contributed by atoms with van der Waals surface area (Å²) in [7, 11) is 0. The Balaban J connectivity index is 1.89. The second-order valence-corrected chi connectivity index (χ2v) is 7.09. The molecule has 0 aliphatic carbocycles. The standard InChI is InChI=1S/C20H21N5O4/c1-20(2,3)29-17(26)13-21-19(27)16(12-15-10-7-11-28-15)25-18(22-23-24-25)14-8-5-4-6-9-14/h4-12H,13H2,1-3H3,(H,21,27)/b16-12-. The van der Waals surface area contributed by atoms with Gasteiger partial charge in [0.05, 0.1) is 6.26 Å². The molecule has 0 unspecified atom stereocenters. The van der Waals surface area contributed by atoms with Crippen molar-refractivity contribution < 1.29 is 18.7 Å². The van der Waals surface area contributed by atoms with Crippen LogP contribution in [0.2, 0.25) is 0 Å². The van der Waals surface area contributed by atoms with E-state index in [9.17, 15) is 9.59 Å². The molecule has 0 saturated heterocycles. The van der Waals surface area contributed by atoms with Crippen molar-refractivity contribution in [3.05, 3.63) is 54.5 Å². The monoisotopic (exact) mass is 395 g/mol. The van der Waals surface area contributed by atoms with Gasteiger partial charge in [-0.3, -0.25) is 9.59 Å². The molecule has 29 heavy (non-hydrogen) atoms. The number of amides is 1. The van der Waals surface area contributed by atoms with Gasteiger partial charge >= 0.3 is 5.97 Å². The Morgan fingerprint density at radius 3 is 2.59 bits per heavy atom. The maximum Gasteiger partial charge on any atom is 0.325 e. The highest BCUT2D eigenvalue weighted by atomic mass is 16.6. The number of esters is 1. The summed E-state index contributed by atoms with van der Waals surface area (Å²) in [5.74, 6) is -0.308. The number of furan rings is 1. The zero-order valence-corrected chi connectivity index (χ0v) is 16.3. The van der Waals surface area contributed by atoms with Crippen LogP contribution in [0.15, 0.2) is 53.1 Å². The highest BCUT2D eigenvalue weighted by molar-refractivity contribution is 6.19. The Kier molecular flexibility index (Phi) is 5.87. The molecule has 0 atom stereocenters. The van der Waals surface area contributed by atoms with Gasteiger partial charge in [0.25, 0.3) is 5.91 Å². The minimum absolute atomic E-state index is 0.0901. The fourth-order valence-electron chi connectivity index (χ4n) is 2.47. The van der Waals surface area contributed by atoms with E-state index in [2.05, 4.69) is 20.8 Å². The molecule has 3 rings (SSSR count). The third kappa shape index (κ3) is 5.38. The zero-order chi connectivity index (χ0) is 20.9. The van der Waals surface area contributed by atoms with Gasteiger partial charge in [0.2, 0.25) is 0 Å². The SMILES string of the molecule is CC(C)(C)OC(=O)CNC(=O)/C(=C/c1ccco1)n1nnnc1-c1ccccc1. The van der Waals surface area contributed by atoms with Crippen molar-refractivity contribution in [2.24, 2.45) is 0 Å². The van der Waals surface area contributed by atoms with Crippen LogP contribution >= 0.6 is 0 Å². The fraction of sp³-hybridized carbons (Fsp3) is 0.250. The highest BCUT2D eigenvalue weighted by Crippen LogP contribution is 2.20.